The van der Waals surface area contributed by atoms with Crippen molar-refractivity contribution in [1.82, 2.24) is 0 Å². The summed E-state index contributed by atoms with van der Waals surface area (Å²) in [6.07, 6.45) is 1.87. The van der Waals surface area contributed by atoms with E-state index in [4.69, 9.17) is 21.3 Å². The zero-order valence-corrected chi connectivity index (χ0v) is 22.0. The van der Waals surface area contributed by atoms with Crippen molar-refractivity contribution in [3.05, 3.63) is 124 Å². The molecule has 1 fully saturated rings. The maximum atomic E-state index is 14.5. The van der Waals surface area contributed by atoms with Gasteiger partial charge in [0, 0.05) is 17.2 Å². The van der Waals surface area contributed by atoms with Gasteiger partial charge in [-0.25, -0.2) is 4.90 Å². The molecule has 0 spiro atoms. The van der Waals surface area contributed by atoms with Crippen LogP contribution >= 0.6 is 11.6 Å². The van der Waals surface area contributed by atoms with Crippen LogP contribution in [0.5, 0.6) is 5.75 Å². The van der Waals surface area contributed by atoms with E-state index in [1.165, 1.54) is 4.90 Å². The van der Waals surface area contributed by atoms with Crippen LogP contribution in [0.3, 0.4) is 0 Å². The molecule has 6 aliphatic rings. The van der Waals surface area contributed by atoms with Crippen LogP contribution in [0.25, 0.3) is 0 Å². The molecule has 4 atom stereocenters. The SMILES string of the molecule is CCOc1ccc(N2C(=O)[C@H]3[C@H]4c5ccc(cc5)[C@@](C=Nc5cccc(Cl)c5)(c5ccccc54)[C@@H]3C2=O)cc1. The van der Waals surface area contributed by atoms with Gasteiger partial charge in [-0.1, -0.05) is 66.2 Å². The Hall–Kier alpha value is -4.22. The van der Waals surface area contributed by atoms with Crippen LogP contribution in [0, 0.1) is 11.8 Å². The molecule has 0 N–H and O–H groups in total. The predicted octanol–water partition coefficient (Wildman–Crippen LogP) is 6.69. The number of carbonyl (C=O) groups is 2. The van der Waals surface area contributed by atoms with E-state index in [2.05, 4.69) is 36.4 Å². The number of nitrogens with zero attached hydrogens (tertiary/aromatic N) is 2. The summed E-state index contributed by atoms with van der Waals surface area (Å²) in [6, 6.07) is 31.0. The molecule has 192 valence electrons. The Morgan fingerprint density at radius 1 is 0.923 bits per heavy atom. The lowest BCUT2D eigenvalue weighted by Gasteiger charge is -2.48. The van der Waals surface area contributed by atoms with Crippen molar-refractivity contribution >= 4 is 41.0 Å². The standard InChI is InChI=1S/C33H25ClN2O3/c1-2-39-25-16-14-24(15-17-25)36-31(37)29-28-20-10-12-21(13-11-20)33(30(29)32(36)38,27-9-4-3-8-26(27)28)19-35-23-7-5-6-22(34)18-23/h3-19,28-30H,2H2,1H3/t28-,29-,30-,33-/m0/s1. The number of ether oxygens (including phenoxy) is 1. The van der Waals surface area contributed by atoms with Gasteiger partial charge in [0.05, 0.1) is 35.2 Å². The molecule has 4 aromatic rings. The van der Waals surface area contributed by atoms with Gasteiger partial charge in [0.2, 0.25) is 11.8 Å². The highest BCUT2D eigenvalue weighted by atomic mass is 35.5. The number of carbonyl (C=O) groups excluding carboxylic acids is 2. The number of halogens is 1. The van der Waals surface area contributed by atoms with E-state index in [-0.39, 0.29) is 17.7 Å². The highest BCUT2D eigenvalue weighted by Gasteiger charge is 2.65. The number of aliphatic imine (C=N–C) groups is 1. The summed E-state index contributed by atoms with van der Waals surface area (Å²) < 4.78 is 5.59. The largest absolute Gasteiger partial charge is 0.494 e. The molecular weight excluding hydrogens is 508 g/mol. The number of hydrogen-bond donors (Lipinski definition) is 0. The molecule has 1 saturated heterocycles. The maximum Gasteiger partial charge on any atom is 0.239 e. The molecule has 2 amide bonds. The van der Waals surface area contributed by atoms with E-state index in [9.17, 15) is 9.59 Å². The van der Waals surface area contributed by atoms with Gasteiger partial charge in [-0.05, 0) is 71.6 Å². The summed E-state index contributed by atoms with van der Waals surface area (Å²) in [4.78, 5) is 35.1. The number of imide groups is 1. The van der Waals surface area contributed by atoms with Crippen LogP contribution in [-0.2, 0) is 15.0 Å². The van der Waals surface area contributed by atoms with Crippen LogP contribution in [0.1, 0.15) is 35.1 Å². The van der Waals surface area contributed by atoms with E-state index >= 15 is 0 Å². The van der Waals surface area contributed by atoms with Crippen LogP contribution in [0.15, 0.2) is 102 Å². The predicted molar refractivity (Wildman–Crippen MR) is 152 cm³/mol. The molecule has 1 aliphatic heterocycles. The minimum atomic E-state index is -0.939. The van der Waals surface area contributed by atoms with Gasteiger partial charge in [-0.15, -0.1) is 0 Å². The molecule has 4 bridgehead atoms. The zero-order chi connectivity index (χ0) is 26.7. The molecule has 5 aliphatic carbocycles. The summed E-state index contributed by atoms with van der Waals surface area (Å²) in [5.41, 5.74) is 4.35. The van der Waals surface area contributed by atoms with Gasteiger partial charge in [0.1, 0.15) is 5.75 Å². The van der Waals surface area contributed by atoms with E-state index in [1.54, 1.807) is 36.4 Å². The smallest absolute Gasteiger partial charge is 0.239 e. The summed E-state index contributed by atoms with van der Waals surface area (Å²) in [5, 5.41) is 0.583. The molecule has 5 nitrogen and oxygen atoms in total. The average Bonchev–Trinajstić information content (AvgIpc) is 3.20. The van der Waals surface area contributed by atoms with Gasteiger partial charge in [-0.2, -0.15) is 0 Å². The average molecular weight is 533 g/mol. The van der Waals surface area contributed by atoms with Gasteiger partial charge in [0.15, 0.2) is 0 Å². The van der Waals surface area contributed by atoms with Crippen molar-refractivity contribution in [1.29, 1.82) is 0 Å². The molecule has 10 rings (SSSR count). The lowest BCUT2D eigenvalue weighted by atomic mass is 9.52. The van der Waals surface area contributed by atoms with Gasteiger partial charge >= 0.3 is 0 Å². The maximum absolute atomic E-state index is 14.5. The van der Waals surface area contributed by atoms with Crippen molar-refractivity contribution in [2.75, 3.05) is 11.5 Å². The van der Waals surface area contributed by atoms with Crippen LogP contribution in [0.4, 0.5) is 11.4 Å². The molecule has 0 saturated carbocycles. The van der Waals surface area contributed by atoms with E-state index < -0.39 is 17.3 Å². The second-order valence-electron chi connectivity index (χ2n) is 10.2. The van der Waals surface area contributed by atoms with Crippen molar-refractivity contribution in [2.45, 2.75) is 18.3 Å². The van der Waals surface area contributed by atoms with Crippen molar-refractivity contribution in [3.63, 3.8) is 0 Å². The van der Waals surface area contributed by atoms with Crippen molar-refractivity contribution in [2.24, 2.45) is 16.8 Å². The molecule has 4 aromatic carbocycles. The molecule has 0 aromatic heterocycles. The first-order chi connectivity index (χ1) is 19.0. The van der Waals surface area contributed by atoms with E-state index in [0.29, 0.717) is 28.8 Å². The van der Waals surface area contributed by atoms with E-state index in [1.807, 2.05) is 37.4 Å². The first kappa shape index (κ1) is 23.9. The first-order valence-corrected chi connectivity index (χ1v) is 13.5. The van der Waals surface area contributed by atoms with Crippen LogP contribution < -0.4 is 9.64 Å². The number of amides is 2. The summed E-state index contributed by atoms with van der Waals surface area (Å²) in [6.45, 7) is 2.46. The minimum absolute atomic E-state index is 0.184. The summed E-state index contributed by atoms with van der Waals surface area (Å²) in [5.74, 6) is -1.16. The molecule has 6 heteroatoms. The lowest BCUT2D eigenvalue weighted by molar-refractivity contribution is -0.122. The Kier molecular flexibility index (Phi) is 5.46. The highest BCUT2D eigenvalue weighted by Crippen LogP contribution is 2.60. The third kappa shape index (κ3) is 3.43. The Morgan fingerprint density at radius 3 is 2.44 bits per heavy atom. The van der Waals surface area contributed by atoms with Crippen molar-refractivity contribution < 1.29 is 14.3 Å². The quantitative estimate of drug-likeness (QED) is 0.212. The third-order valence-electron chi connectivity index (χ3n) is 8.32. The Labute approximate surface area is 231 Å². The number of benzene rings is 4. The minimum Gasteiger partial charge on any atom is -0.494 e. The fourth-order valence-corrected chi connectivity index (χ4v) is 6.95. The van der Waals surface area contributed by atoms with Crippen molar-refractivity contribution in [3.8, 4) is 5.75 Å². The fraction of sp³-hybridized carbons (Fsp3) is 0.182. The second-order valence-corrected chi connectivity index (χ2v) is 10.7. The molecular formula is C33H25ClN2O3. The Morgan fingerprint density at radius 2 is 1.69 bits per heavy atom. The highest BCUT2D eigenvalue weighted by molar-refractivity contribution is 6.30. The molecule has 0 radical (unpaired) electrons. The fourth-order valence-electron chi connectivity index (χ4n) is 6.77. The summed E-state index contributed by atoms with van der Waals surface area (Å²) in [7, 11) is 0. The first-order valence-electron chi connectivity index (χ1n) is 13.1. The topological polar surface area (TPSA) is 59.0 Å². The van der Waals surface area contributed by atoms with Gasteiger partial charge in [-0.3, -0.25) is 14.6 Å². The molecule has 0 unspecified atom stereocenters. The third-order valence-corrected chi connectivity index (χ3v) is 8.56. The Balaban J connectivity index is 1.46. The second kappa shape index (κ2) is 8.92. The Bertz CT molecular complexity index is 1650. The molecule has 39 heavy (non-hydrogen) atoms. The van der Waals surface area contributed by atoms with Crippen LogP contribution in [-0.4, -0.2) is 24.6 Å². The van der Waals surface area contributed by atoms with Crippen LogP contribution in [0.2, 0.25) is 5.02 Å². The lowest BCUT2D eigenvalue weighted by Crippen LogP contribution is -2.51. The number of anilines is 1. The van der Waals surface area contributed by atoms with Gasteiger partial charge < -0.3 is 4.74 Å². The van der Waals surface area contributed by atoms with Gasteiger partial charge in [0.25, 0.3) is 0 Å². The zero-order valence-electron chi connectivity index (χ0n) is 21.3. The van der Waals surface area contributed by atoms with E-state index in [0.717, 1.165) is 22.3 Å². The molecule has 1 heterocycles. The number of hydrogen-bond acceptors (Lipinski definition) is 4. The normalized spacial score (nSPS) is 24.6. The number of rotatable bonds is 5. The summed E-state index contributed by atoms with van der Waals surface area (Å²) >= 11 is 6.26. The monoisotopic (exact) mass is 532 g/mol.